The molecule has 0 radical (unpaired) electrons. The Kier molecular flexibility index (Phi) is 9.23. The Labute approximate surface area is 238 Å². The van der Waals surface area contributed by atoms with Gasteiger partial charge in [0.05, 0.1) is 12.2 Å². The lowest BCUT2D eigenvalue weighted by Crippen LogP contribution is -2.25. The van der Waals surface area contributed by atoms with Crippen LogP contribution in [0.5, 0.6) is 11.5 Å². The van der Waals surface area contributed by atoms with Gasteiger partial charge < -0.3 is 9.47 Å². The molecule has 4 rings (SSSR count). The summed E-state index contributed by atoms with van der Waals surface area (Å²) in [6, 6.07) is 6.02. The third kappa shape index (κ3) is 7.05. The van der Waals surface area contributed by atoms with E-state index in [0.29, 0.717) is 18.7 Å². The van der Waals surface area contributed by atoms with Gasteiger partial charge in [0, 0.05) is 29.3 Å². The van der Waals surface area contributed by atoms with Crippen molar-refractivity contribution in [2.45, 2.75) is 25.9 Å². The summed E-state index contributed by atoms with van der Waals surface area (Å²) in [7, 11) is 0. The predicted octanol–water partition coefficient (Wildman–Crippen LogP) is 9.17. The van der Waals surface area contributed by atoms with E-state index in [1.54, 1.807) is 0 Å². The lowest BCUT2D eigenvalue weighted by molar-refractivity contribution is -0.189. The number of benzene rings is 4. The van der Waals surface area contributed by atoms with E-state index in [1.807, 2.05) is 18.8 Å². The van der Waals surface area contributed by atoms with E-state index in [-0.39, 0.29) is 29.0 Å². The summed E-state index contributed by atoms with van der Waals surface area (Å²) in [5.41, 5.74) is -3.78. The van der Waals surface area contributed by atoms with Crippen LogP contribution in [0.2, 0.25) is 0 Å². The topological polar surface area (TPSA) is 18.5 Å². The van der Waals surface area contributed by atoms with Crippen molar-refractivity contribution in [1.82, 2.24) is 0 Å². The highest BCUT2D eigenvalue weighted by atomic mass is 19.3. The lowest BCUT2D eigenvalue weighted by atomic mass is 10.0. The Morgan fingerprint density at radius 1 is 0.651 bits per heavy atom. The molecule has 2 nitrogen and oxygen atoms in total. The van der Waals surface area contributed by atoms with Crippen LogP contribution in [0.25, 0.3) is 11.1 Å². The van der Waals surface area contributed by atoms with Gasteiger partial charge in [0.2, 0.25) is 0 Å². The van der Waals surface area contributed by atoms with E-state index in [9.17, 15) is 43.9 Å². The molecule has 0 bridgehead atoms. The minimum atomic E-state index is -4.83. The summed E-state index contributed by atoms with van der Waals surface area (Å²) in [4.78, 5) is 0. The molecule has 0 aliphatic heterocycles. The Balaban J connectivity index is 1.59. The molecule has 4 aromatic rings. The fraction of sp³-hybridized carbons (Fsp3) is 0.161. The molecular formula is C31H18F10O2. The fourth-order valence-corrected chi connectivity index (χ4v) is 3.85. The molecule has 4 aromatic carbocycles. The number of rotatable bonds is 8. The van der Waals surface area contributed by atoms with Gasteiger partial charge in [-0.1, -0.05) is 25.2 Å². The molecule has 0 amide bonds. The first-order valence-electron chi connectivity index (χ1n) is 12.5. The standard InChI is InChI=1S/C31H18F10O2/c1-2-3-8-42-18-5-7-20(24(34)13-18)17-11-22(32)21(23(33)12-17)6-4-16-9-25(35)29(26(36)10-16)31(40,41)43-19-14-27(37)30(39)28(38)15-19/h5,7,9-15H,2-3,8H2,1H3. The quantitative estimate of drug-likeness (QED) is 0.0855. The van der Waals surface area contributed by atoms with Crippen LogP contribution in [0.4, 0.5) is 43.9 Å². The van der Waals surface area contributed by atoms with Crippen LogP contribution in [-0.2, 0) is 6.11 Å². The van der Waals surface area contributed by atoms with E-state index < -0.39 is 75.1 Å². The number of hydrogen-bond donors (Lipinski definition) is 0. The zero-order valence-electron chi connectivity index (χ0n) is 21.9. The second-order valence-corrected chi connectivity index (χ2v) is 9.04. The van der Waals surface area contributed by atoms with Crippen molar-refractivity contribution in [3.8, 4) is 34.5 Å². The molecule has 43 heavy (non-hydrogen) atoms. The van der Waals surface area contributed by atoms with Crippen molar-refractivity contribution in [3.63, 3.8) is 0 Å². The molecule has 0 aromatic heterocycles. The van der Waals surface area contributed by atoms with Crippen molar-refractivity contribution in [2.24, 2.45) is 0 Å². The van der Waals surface area contributed by atoms with Gasteiger partial charge in [-0.25, -0.2) is 35.1 Å². The van der Waals surface area contributed by atoms with Crippen molar-refractivity contribution in [2.75, 3.05) is 6.61 Å². The summed E-state index contributed by atoms with van der Waals surface area (Å²) in [6.07, 6.45) is -3.23. The molecule has 0 fully saturated rings. The Bertz CT molecular complexity index is 1670. The van der Waals surface area contributed by atoms with Crippen LogP contribution >= 0.6 is 0 Å². The summed E-state index contributed by atoms with van der Waals surface area (Å²) in [5.74, 6) is -9.89. The number of hydrogen-bond acceptors (Lipinski definition) is 2. The second kappa shape index (κ2) is 12.7. The second-order valence-electron chi connectivity index (χ2n) is 9.04. The van der Waals surface area contributed by atoms with Crippen molar-refractivity contribution < 1.29 is 53.4 Å². The highest BCUT2D eigenvalue weighted by Crippen LogP contribution is 2.36. The highest BCUT2D eigenvalue weighted by molar-refractivity contribution is 5.66. The van der Waals surface area contributed by atoms with Gasteiger partial charge in [0.15, 0.2) is 17.5 Å². The van der Waals surface area contributed by atoms with Gasteiger partial charge in [0.25, 0.3) is 0 Å². The number of halogens is 10. The molecule has 0 unspecified atom stereocenters. The summed E-state index contributed by atoms with van der Waals surface area (Å²) in [6.45, 7) is 2.31. The molecule has 0 aliphatic carbocycles. The van der Waals surface area contributed by atoms with E-state index in [1.165, 1.54) is 12.1 Å². The highest BCUT2D eigenvalue weighted by Gasteiger charge is 2.41. The third-order valence-electron chi connectivity index (χ3n) is 5.93. The van der Waals surface area contributed by atoms with Crippen LogP contribution in [0.15, 0.2) is 54.6 Å². The summed E-state index contributed by atoms with van der Waals surface area (Å²) >= 11 is 0. The summed E-state index contributed by atoms with van der Waals surface area (Å²) in [5, 5.41) is 0. The largest absolute Gasteiger partial charge is 0.493 e. The van der Waals surface area contributed by atoms with Crippen LogP contribution in [0.3, 0.4) is 0 Å². The molecule has 0 atom stereocenters. The van der Waals surface area contributed by atoms with Crippen molar-refractivity contribution in [3.05, 3.63) is 118 Å². The van der Waals surface area contributed by atoms with E-state index in [4.69, 9.17) is 4.74 Å². The normalized spacial score (nSPS) is 11.2. The maximum Gasteiger partial charge on any atom is 0.432 e. The SMILES string of the molecule is CCCCOc1ccc(-c2cc(F)c(C#Cc3cc(F)c(C(F)(F)Oc4cc(F)c(F)c(F)c4)c(F)c3)c(F)c2)c(F)c1. The first kappa shape index (κ1) is 31.3. The molecule has 224 valence electrons. The minimum Gasteiger partial charge on any atom is -0.493 e. The number of ether oxygens (including phenoxy) is 2. The van der Waals surface area contributed by atoms with Crippen LogP contribution in [0, 0.1) is 58.4 Å². The maximum atomic E-state index is 14.8. The molecule has 0 saturated carbocycles. The van der Waals surface area contributed by atoms with Gasteiger partial charge in [-0.3, -0.25) is 0 Å². The number of unbranched alkanes of at least 4 members (excludes halogenated alkanes) is 1. The molecule has 0 saturated heterocycles. The fourth-order valence-electron chi connectivity index (χ4n) is 3.85. The van der Waals surface area contributed by atoms with Crippen molar-refractivity contribution >= 4 is 0 Å². The molecule has 0 aliphatic rings. The smallest absolute Gasteiger partial charge is 0.432 e. The molecule has 0 heterocycles. The first-order chi connectivity index (χ1) is 20.3. The lowest BCUT2D eigenvalue weighted by Gasteiger charge is -2.19. The van der Waals surface area contributed by atoms with Gasteiger partial charge in [-0.2, -0.15) is 8.78 Å². The average Bonchev–Trinajstić information content (AvgIpc) is 2.90. The van der Waals surface area contributed by atoms with Crippen LogP contribution in [-0.4, -0.2) is 6.61 Å². The van der Waals surface area contributed by atoms with Gasteiger partial charge in [0.1, 0.15) is 46.1 Å². The summed E-state index contributed by atoms with van der Waals surface area (Å²) < 4.78 is 151. The van der Waals surface area contributed by atoms with Gasteiger partial charge in [-0.15, -0.1) is 0 Å². The molecular weight excluding hydrogens is 594 g/mol. The maximum absolute atomic E-state index is 14.8. The minimum absolute atomic E-state index is 0.0445. The first-order valence-corrected chi connectivity index (χ1v) is 12.5. The van der Waals surface area contributed by atoms with Crippen molar-refractivity contribution in [1.29, 1.82) is 0 Å². The zero-order chi connectivity index (χ0) is 31.5. The van der Waals surface area contributed by atoms with E-state index >= 15 is 0 Å². The number of alkyl halides is 2. The molecule has 12 heteroatoms. The molecule has 0 N–H and O–H groups in total. The Hall–Kier alpha value is -4.66. The Morgan fingerprint density at radius 3 is 1.79 bits per heavy atom. The van der Waals surface area contributed by atoms with Crippen LogP contribution in [0.1, 0.15) is 36.5 Å². The van der Waals surface area contributed by atoms with E-state index in [0.717, 1.165) is 31.0 Å². The molecule has 0 spiro atoms. The monoisotopic (exact) mass is 612 g/mol. The Morgan fingerprint density at radius 2 is 1.23 bits per heavy atom. The average molecular weight is 612 g/mol. The van der Waals surface area contributed by atoms with Crippen LogP contribution < -0.4 is 9.47 Å². The van der Waals surface area contributed by atoms with Gasteiger partial charge in [-0.05, 0) is 48.4 Å². The van der Waals surface area contributed by atoms with E-state index in [2.05, 4.69) is 4.74 Å². The predicted molar refractivity (Wildman–Crippen MR) is 135 cm³/mol. The van der Waals surface area contributed by atoms with Gasteiger partial charge >= 0.3 is 6.11 Å². The zero-order valence-corrected chi connectivity index (χ0v) is 21.9. The third-order valence-corrected chi connectivity index (χ3v) is 5.93.